The Morgan fingerprint density at radius 3 is 2.33 bits per heavy atom. The molecule has 118 valence electrons. The zero-order valence-corrected chi connectivity index (χ0v) is 11.8. The van der Waals surface area contributed by atoms with Gasteiger partial charge >= 0.3 is 6.36 Å². The third-order valence-electron chi connectivity index (χ3n) is 2.85. The summed E-state index contributed by atoms with van der Waals surface area (Å²) in [4.78, 5) is 11.7. The van der Waals surface area contributed by atoms with Crippen molar-refractivity contribution in [3.05, 3.63) is 29.8 Å². The number of carbonyl (C=O) groups is 1. The Hall–Kier alpha value is -1.76. The fourth-order valence-electron chi connectivity index (χ4n) is 1.58. The quantitative estimate of drug-likeness (QED) is 0.849. The Morgan fingerprint density at radius 2 is 1.86 bits per heavy atom. The number of amides is 1. The number of rotatable bonds is 6. The molecule has 1 amide bonds. The van der Waals surface area contributed by atoms with Crippen LogP contribution in [-0.4, -0.2) is 30.0 Å². The first-order valence-corrected chi connectivity index (χ1v) is 6.51. The Labute approximate surface area is 120 Å². The van der Waals surface area contributed by atoms with Gasteiger partial charge in [-0.15, -0.1) is 13.2 Å². The summed E-state index contributed by atoms with van der Waals surface area (Å²) in [6, 6.07) is 4.64. The number of nitrogens with one attached hydrogen (secondary N) is 1. The van der Waals surface area contributed by atoms with E-state index in [1.54, 1.807) is 0 Å². The SMILES string of the molecule is CC(C)C(O)CCNC(=O)c1ccc(OC(F)(F)F)cc1. The first kappa shape index (κ1) is 17.3. The highest BCUT2D eigenvalue weighted by molar-refractivity contribution is 5.94. The van der Waals surface area contributed by atoms with E-state index < -0.39 is 18.4 Å². The molecule has 0 heterocycles. The molecule has 0 aromatic heterocycles. The van der Waals surface area contributed by atoms with Crippen molar-refractivity contribution >= 4 is 5.91 Å². The number of hydrogen-bond donors (Lipinski definition) is 2. The molecule has 0 aliphatic heterocycles. The lowest BCUT2D eigenvalue weighted by molar-refractivity contribution is -0.274. The maximum atomic E-state index is 12.0. The van der Waals surface area contributed by atoms with Crippen molar-refractivity contribution in [3.63, 3.8) is 0 Å². The van der Waals surface area contributed by atoms with Crippen molar-refractivity contribution in [3.8, 4) is 5.75 Å². The van der Waals surface area contributed by atoms with Crippen molar-refractivity contribution in [2.75, 3.05) is 6.54 Å². The molecule has 0 aliphatic carbocycles. The topological polar surface area (TPSA) is 58.6 Å². The van der Waals surface area contributed by atoms with E-state index in [0.29, 0.717) is 13.0 Å². The molecule has 1 rings (SSSR count). The number of aliphatic hydroxyl groups excluding tert-OH is 1. The van der Waals surface area contributed by atoms with Crippen LogP contribution in [0.1, 0.15) is 30.6 Å². The standard InChI is InChI=1S/C14H18F3NO3/c1-9(2)12(19)7-8-18-13(20)10-3-5-11(6-4-10)21-14(15,16)17/h3-6,9,12,19H,7-8H2,1-2H3,(H,18,20). The Balaban J connectivity index is 2.48. The second-order valence-corrected chi connectivity index (χ2v) is 4.93. The maximum Gasteiger partial charge on any atom is 0.573 e. The molecular formula is C14H18F3NO3. The van der Waals surface area contributed by atoms with Gasteiger partial charge in [0.05, 0.1) is 6.10 Å². The molecule has 2 N–H and O–H groups in total. The van der Waals surface area contributed by atoms with Crippen LogP contribution >= 0.6 is 0 Å². The first-order valence-electron chi connectivity index (χ1n) is 6.51. The highest BCUT2D eigenvalue weighted by atomic mass is 19.4. The van der Waals surface area contributed by atoms with E-state index in [2.05, 4.69) is 10.1 Å². The molecule has 1 aromatic rings. The van der Waals surface area contributed by atoms with Crippen LogP contribution in [0, 0.1) is 5.92 Å². The molecule has 4 nitrogen and oxygen atoms in total. The van der Waals surface area contributed by atoms with Crippen LogP contribution < -0.4 is 10.1 Å². The number of hydrogen-bond acceptors (Lipinski definition) is 3. The summed E-state index contributed by atoms with van der Waals surface area (Å²) >= 11 is 0. The first-order chi connectivity index (χ1) is 9.69. The number of ether oxygens (including phenoxy) is 1. The molecule has 0 spiro atoms. The van der Waals surface area contributed by atoms with Gasteiger partial charge in [0.2, 0.25) is 0 Å². The molecule has 0 saturated heterocycles. The number of alkyl halides is 3. The lowest BCUT2D eigenvalue weighted by Gasteiger charge is -2.14. The number of halogens is 3. The van der Waals surface area contributed by atoms with Crippen LogP contribution in [-0.2, 0) is 0 Å². The molecule has 0 saturated carbocycles. The highest BCUT2D eigenvalue weighted by Crippen LogP contribution is 2.22. The lowest BCUT2D eigenvalue weighted by atomic mass is 10.0. The molecule has 0 fully saturated rings. The number of aliphatic hydroxyl groups is 1. The van der Waals surface area contributed by atoms with E-state index in [-0.39, 0.29) is 17.2 Å². The van der Waals surface area contributed by atoms with Gasteiger partial charge in [-0.2, -0.15) is 0 Å². The zero-order chi connectivity index (χ0) is 16.0. The second kappa shape index (κ2) is 7.31. The minimum atomic E-state index is -4.75. The Kier molecular flexibility index (Phi) is 6.02. The van der Waals surface area contributed by atoms with Crippen LogP contribution in [0.5, 0.6) is 5.75 Å². The van der Waals surface area contributed by atoms with Crippen molar-refractivity contribution in [1.82, 2.24) is 5.32 Å². The monoisotopic (exact) mass is 305 g/mol. The predicted molar refractivity (Wildman–Crippen MR) is 70.9 cm³/mol. The summed E-state index contributed by atoms with van der Waals surface area (Å²) in [5.74, 6) is -0.695. The van der Waals surface area contributed by atoms with Crippen molar-refractivity contribution in [2.24, 2.45) is 5.92 Å². The summed E-state index contributed by atoms with van der Waals surface area (Å²) in [5, 5.41) is 12.2. The van der Waals surface area contributed by atoms with Crippen LogP contribution in [0.25, 0.3) is 0 Å². The van der Waals surface area contributed by atoms with Gasteiger partial charge in [-0.3, -0.25) is 4.79 Å². The summed E-state index contributed by atoms with van der Waals surface area (Å²) in [7, 11) is 0. The van der Waals surface area contributed by atoms with Crippen molar-refractivity contribution in [1.29, 1.82) is 0 Å². The average molecular weight is 305 g/mol. The van der Waals surface area contributed by atoms with E-state index in [1.807, 2.05) is 13.8 Å². The lowest BCUT2D eigenvalue weighted by Crippen LogP contribution is -2.28. The van der Waals surface area contributed by atoms with Gasteiger partial charge in [-0.05, 0) is 36.6 Å². The van der Waals surface area contributed by atoms with E-state index in [0.717, 1.165) is 12.1 Å². The maximum absolute atomic E-state index is 12.0. The van der Waals surface area contributed by atoms with Gasteiger partial charge in [0.1, 0.15) is 5.75 Å². The second-order valence-electron chi connectivity index (χ2n) is 4.93. The summed E-state index contributed by atoms with van der Waals surface area (Å²) in [6.45, 7) is 4.02. The highest BCUT2D eigenvalue weighted by Gasteiger charge is 2.31. The van der Waals surface area contributed by atoms with Crippen LogP contribution in [0.4, 0.5) is 13.2 Å². The molecule has 1 unspecified atom stereocenters. The average Bonchev–Trinajstić information content (AvgIpc) is 2.37. The largest absolute Gasteiger partial charge is 0.573 e. The fraction of sp³-hybridized carbons (Fsp3) is 0.500. The number of benzene rings is 1. The van der Waals surface area contributed by atoms with Crippen LogP contribution in [0.15, 0.2) is 24.3 Å². The van der Waals surface area contributed by atoms with Crippen LogP contribution in [0.2, 0.25) is 0 Å². The predicted octanol–water partition coefficient (Wildman–Crippen LogP) is 2.72. The minimum absolute atomic E-state index is 0.0979. The summed E-state index contributed by atoms with van der Waals surface area (Å²) in [5.41, 5.74) is 0.226. The fourth-order valence-corrected chi connectivity index (χ4v) is 1.58. The number of carbonyl (C=O) groups excluding carboxylic acids is 1. The molecule has 1 atom stereocenters. The van der Waals surface area contributed by atoms with Crippen molar-refractivity contribution < 1.29 is 27.8 Å². The molecular weight excluding hydrogens is 287 g/mol. The van der Waals surface area contributed by atoms with Crippen LogP contribution in [0.3, 0.4) is 0 Å². The molecule has 21 heavy (non-hydrogen) atoms. The molecule has 1 aromatic carbocycles. The van der Waals surface area contributed by atoms with E-state index in [4.69, 9.17) is 0 Å². The Morgan fingerprint density at radius 1 is 1.29 bits per heavy atom. The van der Waals surface area contributed by atoms with Gasteiger partial charge in [0.25, 0.3) is 5.91 Å². The van der Waals surface area contributed by atoms with Crippen molar-refractivity contribution in [2.45, 2.75) is 32.7 Å². The third-order valence-corrected chi connectivity index (χ3v) is 2.85. The van der Waals surface area contributed by atoms with Gasteiger partial charge in [0.15, 0.2) is 0 Å². The minimum Gasteiger partial charge on any atom is -0.406 e. The molecule has 0 aliphatic rings. The smallest absolute Gasteiger partial charge is 0.406 e. The summed E-state index contributed by atoms with van der Waals surface area (Å²) < 4.78 is 39.7. The van der Waals surface area contributed by atoms with Gasteiger partial charge in [-0.25, -0.2) is 0 Å². The van der Waals surface area contributed by atoms with Gasteiger partial charge < -0.3 is 15.2 Å². The van der Waals surface area contributed by atoms with Gasteiger partial charge in [0, 0.05) is 12.1 Å². The summed E-state index contributed by atoms with van der Waals surface area (Å²) in [6.07, 6.45) is -4.84. The Bertz CT molecular complexity index is 458. The molecule has 7 heteroatoms. The molecule has 0 radical (unpaired) electrons. The molecule has 0 bridgehead atoms. The van der Waals surface area contributed by atoms with E-state index >= 15 is 0 Å². The van der Waals surface area contributed by atoms with Gasteiger partial charge in [-0.1, -0.05) is 13.8 Å². The normalized spacial score (nSPS) is 13.1. The van der Waals surface area contributed by atoms with E-state index in [1.165, 1.54) is 12.1 Å². The zero-order valence-electron chi connectivity index (χ0n) is 11.8. The third kappa shape index (κ3) is 6.48. The van der Waals surface area contributed by atoms with E-state index in [9.17, 15) is 23.1 Å².